The monoisotopic (exact) mass is 183 g/mol. The lowest BCUT2D eigenvalue weighted by Crippen LogP contribution is -2.28. The van der Waals surface area contributed by atoms with Gasteiger partial charge >= 0.3 is 0 Å². The summed E-state index contributed by atoms with van der Waals surface area (Å²) in [7, 11) is 0. The highest BCUT2D eigenvalue weighted by molar-refractivity contribution is 5.87. The molecule has 0 spiro atoms. The molecule has 2 nitrogen and oxygen atoms in total. The number of carbonyl (C=O) groups is 1. The summed E-state index contributed by atoms with van der Waals surface area (Å²) < 4.78 is 0. The predicted octanol–water partition coefficient (Wildman–Crippen LogP) is 2.46. The van der Waals surface area contributed by atoms with Crippen molar-refractivity contribution >= 4 is 5.91 Å². The molecule has 2 heteroatoms. The molecule has 0 aliphatic heterocycles. The quantitative estimate of drug-likeness (QED) is 0.615. The van der Waals surface area contributed by atoms with Crippen LogP contribution in [0.3, 0.4) is 0 Å². The van der Waals surface area contributed by atoms with Crippen LogP contribution in [0, 0.1) is 5.41 Å². The maximum Gasteiger partial charge on any atom is 0.246 e. The molecule has 0 aromatic rings. The summed E-state index contributed by atoms with van der Waals surface area (Å²) in [6.07, 6.45) is 3.63. The normalized spacial score (nSPS) is 12.1. The molecule has 0 N–H and O–H groups in total. The summed E-state index contributed by atoms with van der Waals surface area (Å²) in [5, 5.41) is 0. The third kappa shape index (κ3) is 5.45. The molecule has 0 fully saturated rings. The molecular weight excluding hydrogens is 162 g/mol. The van der Waals surface area contributed by atoms with Crippen molar-refractivity contribution in [3.8, 4) is 0 Å². The van der Waals surface area contributed by atoms with Crippen molar-refractivity contribution in [2.75, 3.05) is 13.1 Å². The summed E-state index contributed by atoms with van der Waals surface area (Å²) >= 11 is 0. The first-order chi connectivity index (χ1) is 5.90. The van der Waals surface area contributed by atoms with Crippen molar-refractivity contribution in [2.45, 2.75) is 34.6 Å². The van der Waals surface area contributed by atoms with Gasteiger partial charge < -0.3 is 4.90 Å². The zero-order chi connectivity index (χ0) is 10.5. The summed E-state index contributed by atoms with van der Waals surface area (Å²) in [6.45, 7) is 11.8. The number of likely N-dealkylation sites (N-methyl/N-ethyl adjacent to an activating group) is 1. The van der Waals surface area contributed by atoms with E-state index >= 15 is 0 Å². The molecule has 0 aliphatic carbocycles. The molecule has 0 saturated heterocycles. The van der Waals surface area contributed by atoms with E-state index in [1.165, 1.54) is 0 Å². The molecule has 0 rings (SSSR count). The fraction of sp³-hybridized carbons (Fsp3) is 0.727. The first-order valence-electron chi connectivity index (χ1n) is 4.89. The Labute approximate surface area is 81.6 Å². The highest BCUT2D eigenvalue weighted by Gasteiger charge is 2.08. The Morgan fingerprint density at radius 1 is 1.23 bits per heavy atom. The van der Waals surface area contributed by atoms with Gasteiger partial charge in [0, 0.05) is 13.1 Å². The minimum atomic E-state index is 0.0861. The van der Waals surface area contributed by atoms with Crippen LogP contribution in [0.25, 0.3) is 0 Å². The molecule has 0 heterocycles. The number of allylic oxidation sites excluding steroid dienone is 1. The summed E-state index contributed by atoms with van der Waals surface area (Å²) in [5.41, 5.74) is 0.0861. The first-order valence-corrected chi connectivity index (χ1v) is 4.89. The number of amides is 1. The molecule has 0 aliphatic rings. The number of carbonyl (C=O) groups excluding carboxylic acids is 1. The Morgan fingerprint density at radius 2 is 1.69 bits per heavy atom. The maximum atomic E-state index is 11.5. The molecule has 0 aromatic carbocycles. The number of hydrogen-bond donors (Lipinski definition) is 0. The van der Waals surface area contributed by atoms with E-state index in [9.17, 15) is 4.79 Å². The second kappa shape index (κ2) is 5.05. The largest absolute Gasteiger partial charge is 0.340 e. The number of hydrogen-bond acceptors (Lipinski definition) is 1. The first kappa shape index (κ1) is 12.2. The van der Waals surface area contributed by atoms with E-state index < -0.39 is 0 Å². The van der Waals surface area contributed by atoms with Crippen LogP contribution in [0.2, 0.25) is 0 Å². The smallest absolute Gasteiger partial charge is 0.246 e. The van der Waals surface area contributed by atoms with Crippen molar-refractivity contribution in [1.29, 1.82) is 0 Å². The fourth-order valence-corrected chi connectivity index (χ4v) is 0.962. The van der Waals surface area contributed by atoms with E-state index in [2.05, 4.69) is 20.8 Å². The van der Waals surface area contributed by atoms with Crippen molar-refractivity contribution in [3.05, 3.63) is 12.2 Å². The lowest BCUT2D eigenvalue weighted by atomic mass is 9.96. The summed E-state index contributed by atoms with van der Waals surface area (Å²) in [4.78, 5) is 13.3. The van der Waals surface area contributed by atoms with Gasteiger partial charge in [0.1, 0.15) is 0 Å². The summed E-state index contributed by atoms with van der Waals surface area (Å²) in [5.74, 6) is 0.111. The second-order valence-corrected chi connectivity index (χ2v) is 4.21. The van der Waals surface area contributed by atoms with Crippen LogP contribution in [0.1, 0.15) is 34.6 Å². The predicted molar refractivity (Wildman–Crippen MR) is 56.5 cm³/mol. The maximum absolute atomic E-state index is 11.5. The van der Waals surface area contributed by atoms with Crippen LogP contribution in [0.4, 0.5) is 0 Å². The van der Waals surface area contributed by atoms with Crippen LogP contribution >= 0.6 is 0 Å². The second-order valence-electron chi connectivity index (χ2n) is 4.21. The van der Waals surface area contributed by atoms with Crippen molar-refractivity contribution in [3.63, 3.8) is 0 Å². The molecule has 13 heavy (non-hydrogen) atoms. The van der Waals surface area contributed by atoms with Gasteiger partial charge in [-0.3, -0.25) is 4.79 Å². The Balaban J connectivity index is 4.21. The molecule has 0 radical (unpaired) electrons. The van der Waals surface area contributed by atoms with E-state index in [-0.39, 0.29) is 11.3 Å². The van der Waals surface area contributed by atoms with Gasteiger partial charge in [-0.2, -0.15) is 0 Å². The van der Waals surface area contributed by atoms with Gasteiger partial charge in [0.05, 0.1) is 0 Å². The minimum Gasteiger partial charge on any atom is -0.340 e. The highest BCUT2D eigenvalue weighted by atomic mass is 16.2. The zero-order valence-electron chi connectivity index (χ0n) is 9.42. The lowest BCUT2D eigenvalue weighted by Gasteiger charge is -2.17. The molecule has 0 atom stereocenters. The van der Waals surface area contributed by atoms with Crippen LogP contribution in [-0.2, 0) is 4.79 Å². The van der Waals surface area contributed by atoms with Gasteiger partial charge in [-0.25, -0.2) is 0 Å². The highest BCUT2D eigenvalue weighted by Crippen LogP contribution is 2.14. The van der Waals surface area contributed by atoms with Crippen LogP contribution in [0.5, 0.6) is 0 Å². The van der Waals surface area contributed by atoms with Gasteiger partial charge in [-0.15, -0.1) is 0 Å². The van der Waals surface area contributed by atoms with E-state index in [4.69, 9.17) is 0 Å². The molecule has 0 bridgehead atoms. The van der Waals surface area contributed by atoms with E-state index in [0.29, 0.717) is 0 Å². The number of rotatable bonds is 3. The third-order valence-corrected chi connectivity index (χ3v) is 1.80. The van der Waals surface area contributed by atoms with Gasteiger partial charge in [-0.1, -0.05) is 26.8 Å². The molecule has 0 aromatic heterocycles. The van der Waals surface area contributed by atoms with Gasteiger partial charge in [0.2, 0.25) is 5.91 Å². The average Bonchev–Trinajstić information content (AvgIpc) is 2.02. The van der Waals surface area contributed by atoms with Gasteiger partial charge in [-0.05, 0) is 25.3 Å². The standard InChI is InChI=1S/C11H21NO/c1-6-12(7-2)10(13)8-9-11(3,4)5/h8-9H,6-7H2,1-5H3/b9-8+. The minimum absolute atomic E-state index is 0.0861. The number of nitrogens with zero attached hydrogens (tertiary/aromatic N) is 1. The van der Waals surface area contributed by atoms with E-state index in [1.54, 1.807) is 6.08 Å². The van der Waals surface area contributed by atoms with E-state index in [1.807, 2.05) is 24.8 Å². The van der Waals surface area contributed by atoms with Crippen molar-refractivity contribution < 1.29 is 4.79 Å². The third-order valence-electron chi connectivity index (χ3n) is 1.80. The van der Waals surface area contributed by atoms with Crippen LogP contribution < -0.4 is 0 Å². The Hall–Kier alpha value is -0.790. The molecule has 76 valence electrons. The van der Waals surface area contributed by atoms with Crippen LogP contribution in [0.15, 0.2) is 12.2 Å². The zero-order valence-corrected chi connectivity index (χ0v) is 9.42. The molecule has 0 unspecified atom stereocenters. The summed E-state index contributed by atoms with van der Waals surface area (Å²) in [6, 6.07) is 0. The lowest BCUT2D eigenvalue weighted by molar-refractivity contribution is -0.125. The molecular formula is C11H21NO. The van der Waals surface area contributed by atoms with Crippen molar-refractivity contribution in [2.24, 2.45) is 5.41 Å². The SMILES string of the molecule is CCN(CC)C(=O)/C=C/C(C)(C)C. The Bertz CT molecular complexity index is 185. The molecule has 1 amide bonds. The van der Waals surface area contributed by atoms with Gasteiger partial charge in [0.15, 0.2) is 0 Å². The topological polar surface area (TPSA) is 20.3 Å². The van der Waals surface area contributed by atoms with Crippen molar-refractivity contribution in [1.82, 2.24) is 4.90 Å². The van der Waals surface area contributed by atoms with Gasteiger partial charge in [0.25, 0.3) is 0 Å². The Kier molecular flexibility index (Phi) is 4.74. The average molecular weight is 183 g/mol. The Morgan fingerprint density at radius 3 is 2.00 bits per heavy atom. The molecule has 0 saturated carbocycles. The fourth-order valence-electron chi connectivity index (χ4n) is 0.962. The van der Waals surface area contributed by atoms with Crippen LogP contribution in [-0.4, -0.2) is 23.9 Å². The van der Waals surface area contributed by atoms with E-state index in [0.717, 1.165) is 13.1 Å².